The number of anilines is 1. The molecule has 0 aromatic heterocycles. The summed E-state index contributed by atoms with van der Waals surface area (Å²) in [4.78, 5) is 28.4. The van der Waals surface area contributed by atoms with E-state index in [1.165, 1.54) is 0 Å². The second-order valence-electron chi connectivity index (χ2n) is 6.91. The van der Waals surface area contributed by atoms with Gasteiger partial charge in [0.2, 0.25) is 11.8 Å². The van der Waals surface area contributed by atoms with Crippen LogP contribution in [0.3, 0.4) is 0 Å². The van der Waals surface area contributed by atoms with Crippen molar-refractivity contribution in [3.63, 3.8) is 0 Å². The van der Waals surface area contributed by atoms with E-state index in [1.807, 2.05) is 32.0 Å². The molecule has 136 valence electrons. The highest BCUT2D eigenvalue weighted by Gasteiger charge is 2.57. The summed E-state index contributed by atoms with van der Waals surface area (Å²) in [6.07, 6.45) is 0.535. The fourth-order valence-corrected chi connectivity index (χ4v) is 3.60. The predicted octanol–water partition coefficient (Wildman–Crippen LogP) is 2.58. The van der Waals surface area contributed by atoms with Crippen molar-refractivity contribution in [2.24, 2.45) is 5.92 Å². The van der Waals surface area contributed by atoms with E-state index in [4.69, 9.17) is 23.2 Å². The summed E-state index contributed by atoms with van der Waals surface area (Å²) in [5.74, 6) is -0.268. The van der Waals surface area contributed by atoms with Crippen LogP contribution in [0.5, 0.6) is 0 Å². The van der Waals surface area contributed by atoms with E-state index < -0.39 is 4.33 Å². The number of halogens is 2. The summed E-state index contributed by atoms with van der Waals surface area (Å²) < 4.78 is -0.875. The van der Waals surface area contributed by atoms with Gasteiger partial charge in [-0.1, -0.05) is 12.1 Å². The van der Waals surface area contributed by atoms with Crippen molar-refractivity contribution < 1.29 is 9.59 Å². The Labute approximate surface area is 158 Å². The highest BCUT2D eigenvalue weighted by atomic mass is 35.5. The summed E-state index contributed by atoms with van der Waals surface area (Å²) in [5, 5.41) is 2.98. The van der Waals surface area contributed by atoms with Crippen molar-refractivity contribution in [1.29, 1.82) is 0 Å². The average molecular weight is 384 g/mol. The van der Waals surface area contributed by atoms with Gasteiger partial charge in [0, 0.05) is 31.9 Å². The Morgan fingerprint density at radius 3 is 2.44 bits per heavy atom. The largest absolute Gasteiger partial charge is 0.340 e. The Balaban J connectivity index is 1.46. The lowest BCUT2D eigenvalue weighted by atomic mass is 10.1. The molecule has 2 fully saturated rings. The number of rotatable bonds is 4. The number of aryl methyl sites for hydroxylation is 1. The minimum Gasteiger partial charge on any atom is -0.340 e. The molecule has 7 heteroatoms. The Kier molecular flexibility index (Phi) is 5.28. The van der Waals surface area contributed by atoms with Crippen LogP contribution in [0.2, 0.25) is 0 Å². The number of nitrogens with zero attached hydrogens (tertiary/aromatic N) is 2. The number of benzene rings is 1. The molecule has 1 saturated carbocycles. The zero-order valence-corrected chi connectivity index (χ0v) is 16.0. The zero-order chi connectivity index (χ0) is 18.2. The monoisotopic (exact) mass is 383 g/mol. The fourth-order valence-electron chi connectivity index (χ4n) is 3.11. The van der Waals surface area contributed by atoms with Crippen molar-refractivity contribution in [3.8, 4) is 0 Å². The topological polar surface area (TPSA) is 52.7 Å². The smallest absolute Gasteiger partial charge is 0.238 e. The summed E-state index contributed by atoms with van der Waals surface area (Å²) >= 11 is 11.9. The van der Waals surface area contributed by atoms with E-state index in [-0.39, 0.29) is 17.7 Å². The first-order valence-electron chi connectivity index (χ1n) is 8.53. The van der Waals surface area contributed by atoms with Gasteiger partial charge in [0.1, 0.15) is 4.33 Å². The zero-order valence-electron chi connectivity index (χ0n) is 14.5. The van der Waals surface area contributed by atoms with Gasteiger partial charge < -0.3 is 10.2 Å². The van der Waals surface area contributed by atoms with E-state index in [9.17, 15) is 9.59 Å². The van der Waals surface area contributed by atoms with Gasteiger partial charge in [0.15, 0.2) is 0 Å². The maximum atomic E-state index is 12.3. The first kappa shape index (κ1) is 18.5. The van der Waals surface area contributed by atoms with Crippen LogP contribution in [0.25, 0.3) is 0 Å². The highest BCUT2D eigenvalue weighted by Crippen LogP contribution is 2.53. The van der Waals surface area contributed by atoms with Gasteiger partial charge in [0.25, 0.3) is 0 Å². The number of piperazine rings is 1. The number of carbonyl (C=O) groups is 2. The minimum absolute atomic E-state index is 0.0313. The second kappa shape index (κ2) is 7.14. The van der Waals surface area contributed by atoms with Gasteiger partial charge in [-0.05, 0) is 37.5 Å². The number of nitrogens with one attached hydrogen (secondary N) is 1. The van der Waals surface area contributed by atoms with Gasteiger partial charge in [0.05, 0.1) is 12.5 Å². The normalized spacial score (nSPS) is 22.6. The molecule has 5 nitrogen and oxygen atoms in total. The molecule has 0 bridgehead atoms. The molecule has 1 saturated heterocycles. The summed E-state index contributed by atoms with van der Waals surface area (Å²) in [6.45, 7) is 6.92. The van der Waals surface area contributed by atoms with Crippen LogP contribution >= 0.6 is 23.2 Å². The Morgan fingerprint density at radius 1 is 1.20 bits per heavy atom. The van der Waals surface area contributed by atoms with E-state index in [2.05, 4.69) is 10.2 Å². The number of carbonyl (C=O) groups excluding carboxylic acids is 2. The predicted molar refractivity (Wildman–Crippen MR) is 100 cm³/mol. The lowest BCUT2D eigenvalue weighted by Gasteiger charge is -2.34. The van der Waals surface area contributed by atoms with Crippen molar-refractivity contribution in [1.82, 2.24) is 9.80 Å². The molecular formula is C18H23Cl2N3O2. The van der Waals surface area contributed by atoms with E-state index in [1.54, 1.807) is 4.90 Å². The summed E-state index contributed by atoms with van der Waals surface area (Å²) in [7, 11) is 0. The molecule has 1 aromatic carbocycles. The van der Waals surface area contributed by atoms with Crippen LogP contribution in [0.1, 0.15) is 17.5 Å². The Morgan fingerprint density at radius 2 is 1.84 bits per heavy atom. The van der Waals surface area contributed by atoms with Gasteiger partial charge in [-0.3, -0.25) is 14.5 Å². The molecule has 1 aromatic rings. The van der Waals surface area contributed by atoms with Gasteiger partial charge in [-0.2, -0.15) is 0 Å². The second-order valence-corrected chi connectivity index (χ2v) is 8.46. The van der Waals surface area contributed by atoms with Crippen LogP contribution in [0, 0.1) is 19.8 Å². The molecule has 1 aliphatic carbocycles. The third-order valence-corrected chi connectivity index (χ3v) is 5.89. The van der Waals surface area contributed by atoms with Gasteiger partial charge in [-0.25, -0.2) is 0 Å². The fraction of sp³-hybridized carbons (Fsp3) is 0.556. The number of hydrogen-bond donors (Lipinski definition) is 1. The van der Waals surface area contributed by atoms with Crippen LogP contribution < -0.4 is 5.32 Å². The van der Waals surface area contributed by atoms with Crippen LogP contribution in [-0.4, -0.2) is 58.7 Å². The SMILES string of the molecule is Cc1cccc(NC(=O)CN2CCN(C(=O)[C@@H]3CC3(Cl)Cl)CC2)c1C. The number of amides is 2. The average Bonchev–Trinajstić information content (AvgIpc) is 3.20. The Bertz CT molecular complexity index is 685. The quantitative estimate of drug-likeness (QED) is 0.812. The maximum Gasteiger partial charge on any atom is 0.238 e. The highest BCUT2D eigenvalue weighted by molar-refractivity contribution is 6.52. The van der Waals surface area contributed by atoms with E-state index in [0.29, 0.717) is 39.1 Å². The minimum atomic E-state index is -0.875. The first-order valence-corrected chi connectivity index (χ1v) is 9.28. The van der Waals surface area contributed by atoms with Crippen LogP contribution in [-0.2, 0) is 9.59 Å². The summed E-state index contributed by atoms with van der Waals surface area (Å²) in [6, 6.07) is 5.88. The van der Waals surface area contributed by atoms with E-state index >= 15 is 0 Å². The standard InChI is InChI=1S/C18H23Cl2N3O2/c1-12-4-3-5-15(13(12)2)21-16(24)11-22-6-8-23(9-7-22)17(25)14-10-18(14,19)20/h3-5,14H,6-11H2,1-2H3,(H,21,24)/t14-/m0/s1. The number of alkyl halides is 2. The van der Waals surface area contributed by atoms with Crippen LogP contribution in [0.15, 0.2) is 18.2 Å². The molecule has 0 spiro atoms. The van der Waals surface area contributed by atoms with Gasteiger partial charge >= 0.3 is 0 Å². The molecule has 2 amide bonds. The molecule has 0 unspecified atom stereocenters. The molecule has 3 rings (SSSR count). The molecular weight excluding hydrogens is 361 g/mol. The van der Waals surface area contributed by atoms with Gasteiger partial charge in [-0.15, -0.1) is 23.2 Å². The number of hydrogen-bond acceptors (Lipinski definition) is 3. The lowest BCUT2D eigenvalue weighted by Crippen LogP contribution is -2.51. The molecule has 1 atom stereocenters. The van der Waals surface area contributed by atoms with E-state index in [0.717, 1.165) is 16.8 Å². The molecule has 0 radical (unpaired) electrons. The third kappa shape index (κ3) is 4.27. The van der Waals surface area contributed by atoms with Crippen LogP contribution in [0.4, 0.5) is 5.69 Å². The van der Waals surface area contributed by atoms with Crippen molar-refractivity contribution >= 4 is 40.7 Å². The van der Waals surface area contributed by atoms with Crippen molar-refractivity contribution in [3.05, 3.63) is 29.3 Å². The molecule has 1 N–H and O–H groups in total. The molecule has 1 heterocycles. The van der Waals surface area contributed by atoms with Crippen molar-refractivity contribution in [2.45, 2.75) is 24.6 Å². The third-order valence-electron chi connectivity index (χ3n) is 5.05. The molecule has 2 aliphatic rings. The summed E-state index contributed by atoms with van der Waals surface area (Å²) in [5.41, 5.74) is 3.09. The lowest BCUT2D eigenvalue weighted by molar-refractivity contribution is -0.134. The first-order chi connectivity index (χ1) is 11.8. The molecule has 1 aliphatic heterocycles. The van der Waals surface area contributed by atoms with Crippen molar-refractivity contribution in [2.75, 3.05) is 38.0 Å². The maximum absolute atomic E-state index is 12.3. The Hall–Kier alpha value is -1.30. The molecule has 25 heavy (non-hydrogen) atoms.